The molecular weight excluding hydrogens is 298 g/mol. The fraction of sp³-hybridized carbons (Fsp3) is 0.600. The fourth-order valence-corrected chi connectivity index (χ4v) is 2.21. The number of ether oxygens (including phenoxy) is 1. The Morgan fingerprint density at radius 3 is 2.29 bits per heavy atom. The van der Waals surface area contributed by atoms with Crippen LogP contribution in [0.2, 0.25) is 0 Å². The van der Waals surface area contributed by atoms with Gasteiger partial charge < -0.3 is 10.5 Å². The van der Waals surface area contributed by atoms with Crippen molar-refractivity contribution in [1.82, 2.24) is 0 Å². The number of alkyl halides is 3. The summed E-state index contributed by atoms with van der Waals surface area (Å²) in [6.07, 6.45) is -2.36. The molecule has 2 N–H and O–H groups in total. The van der Waals surface area contributed by atoms with Crippen LogP contribution in [0.1, 0.15) is 44.7 Å². The third-order valence-electron chi connectivity index (χ3n) is 3.07. The maximum absolute atomic E-state index is 12.4. The zero-order valence-corrected chi connectivity index (χ0v) is 13.8. The lowest BCUT2D eigenvalue weighted by atomic mass is 9.85. The van der Waals surface area contributed by atoms with Gasteiger partial charge >= 0.3 is 6.36 Å². The minimum absolute atomic E-state index is 0.0155. The van der Waals surface area contributed by atoms with E-state index in [2.05, 4.69) is 14.0 Å². The van der Waals surface area contributed by atoms with Crippen LogP contribution in [0.25, 0.3) is 0 Å². The fourth-order valence-electron chi connectivity index (χ4n) is 1.97. The summed E-state index contributed by atoms with van der Waals surface area (Å²) in [5.74, 6) is -0.137. The molecule has 1 rings (SSSR count). The van der Waals surface area contributed by atoms with Crippen molar-refractivity contribution in [2.45, 2.75) is 57.6 Å². The van der Waals surface area contributed by atoms with Crippen LogP contribution in [-0.4, -0.2) is 12.1 Å². The van der Waals surface area contributed by atoms with Crippen LogP contribution in [0.3, 0.4) is 0 Å². The van der Waals surface area contributed by atoms with E-state index < -0.39 is 6.36 Å². The molecule has 0 spiro atoms. The number of benzene rings is 1. The van der Waals surface area contributed by atoms with Crippen molar-refractivity contribution in [3.63, 3.8) is 0 Å². The largest absolute Gasteiger partial charge is 0.573 e. The van der Waals surface area contributed by atoms with Gasteiger partial charge in [-0.05, 0) is 47.9 Å². The highest BCUT2D eigenvalue weighted by Crippen LogP contribution is 2.31. The number of aryl methyl sites for hydroxylation is 1. The standard InChI is InChI=1S/C15H23F3NOP/c1-14(2,3)11-7-10(5-4-6-13(19)21)8-12(9-11)20-15(16,17)18/h7-9,13H,4-6,19,21H2,1-3H3/t13-/m0/s1. The van der Waals surface area contributed by atoms with Crippen molar-refractivity contribution >= 4 is 9.24 Å². The third-order valence-corrected chi connectivity index (χ3v) is 3.40. The van der Waals surface area contributed by atoms with E-state index in [0.29, 0.717) is 6.42 Å². The Morgan fingerprint density at radius 2 is 1.81 bits per heavy atom. The number of rotatable bonds is 5. The summed E-state index contributed by atoms with van der Waals surface area (Å²) in [4.78, 5) is 0. The molecule has 0 aliphatic heterocycles. The summed E-state index contributed by atoms with van der Waals surface area (Å²) in [6, 6.07) is 4.85. The Kier molecular flexibility index (Phi) is 6.06. The molecule has 21 heavy (non-hydrogen) atoms. The molecule has 1 aromatic carbocycles. The molecular formula is C15H23F3NOP. The summed E-state index contributed by atoms with van der Waals surface area (Å²) in [7, 11) is 2.51. The predicted molar refractivity (Wildman–Crippen MR) is 82.4 cm³/mol. The minimum Gasteiger partial charge on any atom is -0.406 e. The molecule has 0 heterocycles. The van der Waals surface area contributed by atoms with Crippen molar-refractivity contribution in [2.75, 3.05) is 0 Å². The molecule has 1 aromatic rings. The number of hydrogen-bond acceptors (Lipinski definition) is 2. The minimum atomic E-state index is -4.67. The smallest absolute Gasteiger partial charge is 0.406 e. The van der Waals surface area contributed by atoms with Gasteiger partial charge in [0.05, 0.1) is 0 Å². The first kappa shape index (κ1) is 18.2. The van der Waals surface area contributed by atoms with E-state index >= 15 is 0 Å². The van der Waals surface area contributed by atoms with Crippen molar-refractivity contribution < 1.29 is 17.9 Å². The maximum Gasteiger partial charge on any atom is 0.573 e. The Labute approximate surface area is 126 Å². The quantitative estimate of drug-likeness (QED) is 0.818. The normalized spacial score (nSPS) is 14.1. The van der Waals surface area contributed by atoms with Crippen LogP contribution < -0.4 is 10.5 Å². The first-order valence-corrected chi connectivity index (χ1v) is 7.55. The number of halogens is 3. The lowest BCUT2D eigenvalue weighted by Gasteiger charge is -2.22. The average Bonchev–Trinajstić information content (AvgIpc) is 2.24. The second-order valence-corrected chi connectivity index (χ2v) is 7.08. The molecule has 0 saturated carbocycles. The van der Waals surface area contributed by atoms with Gasteiger partial charge in [0.25, 0.3) is 0 Å². The number of nitrogens with two attached hydrogens (primary N) is 1. The highest BCUT2D eigenvalue weighted by atomic mass is 31.0. The van der Waals surface area contributed by atoms with Crippen LogP contribution in [0.15, 0.2) is 18.2 Å². The molecule has 0 aliphatic carbocycles. The monoisotopic (exact) mass is 321 g/mol. The molecule has 120 valence electrons. The molecule has 0 aromatic heterocycles. The third kappa shape index (κ3) is 7.14. The zero-order chi connectivity index (χ0) is 16.3. The average molecular weight is 321 g/mol. The summed E-state index contributed by atoms with van der Waals surface area (Å²) >= 11 is 0. The van der Waals surface area contributed by atoms with Gasteiger partial charge in [0.15, 0.2) is 0 Å². The predicted octanol–water partition coefficient (Wildman–Crippen LogP) is 4.37. The Hall–Kier alpha value is -0.800. The highest BCUT2D eigenvalue weighted by Gasteiger charge is 2.31. The lowest BCUT2D eigenvalue weighted by molar-refractivity contribution is -0.274. The molecule has 0 bridgehead atoms. The highest BCUT2D eigenvalue weighted by molar-refractivity contribution is 7.17. The molecule has 0 fully saturated rings. The van der Waals surface area contributed by atoms with E-state index in [9.17, 15) is 13.2 Å². The van der Waals surface area contributed by atoms with Gasteiger partial charge in [-0.2, -0.15) is 0 Å². The zero-order valence-electron chi connectivity index (χ0n) is 12.6. The maximum atomic E-state index is 12.4. The first-order valence-electron chi connectivity index (χ1n) is 6.89. The van der Waals surface area contributed by atoms with E-state index in [-0.39, 0.29) is 16.9 Å². The van der Waals surface area contributed by atoms with E-state index in [1.54, 1.807) is 0 Å². The molecule has 2 atom stereocenters. The van der Waals surface area contributed by atoms with Crippen LogP contribution >= 0.6 is 9.24 Å². The van der Waals surface area contributed by atoms with E-state index in [1.807, 2.05) is 26.8 Å². The van der Waals surface area contributed by atoms with Crippen molar-refractivity contribution in [1.29, 1.82) is 0 Å². The van der Waals surface area contributed by atoms with Gasteiger partial charge in [-0.3, -0.25) is 0 Å². The van der Waals surface area contributed by atoms with Gasteiger partial charge in [-0.1, -0.05) is 26.8 Å². The molecule has 0 radical (unpaired) electrons. The van der Waals surface area contributed by atoms with Gasteiger partial charge in [-0.25, -0.2) is 0 Å². The molecule has 0 aliphatic rings. The Morgan fingerprint density at radius 1 is 1.19 bits per heavy atom. The molecule has 2 nitrogen and oxygen atoms in total. The first-order chi connectivity index (χ1) is 9.47. The lowest BCUT2D eigenvalue weighted by Crippen LogP contribution is -2.18. The van der Waals surface area contributed by atoms with E-state index in [4.69, 9.17) is 5.73 Å². The van der Waals surface area contributed by atoms with Gasteiger partial charge in [0.2, 0.25) is 0 Å². The molecule has 0 saturated heterocycles. The molecule has 1 unspecified atom stereocenters. The van der Waals surface area contributed by atoms with Crippen molar-refractivity contribution in [2.24, 2.45) is 5.73 Å². The van der Waals surface area contributed by atoms with Crippen molar-refractivity contribution in [3.05, 3.63) is 29.3 Å². The van der Waals surface area contributed by atoms with Crippen LogP contribution in [-0.2, 0) is 11.8 Å². The van der Waals surface area contributed by atoms with Gasteiger partial charge in [0.1, 0.15) is 5.75 Å². The summed E-state index contributed by atoms with van der Waals surface area (Å²) < 4.78 is 41.3. The summed E-state index contributed by atoms with van der Waals surface area (Å²) in [5.41, 5.74) is 7.09. The number of hydrogen-bond donors (Lipinski definition) is 1. The van der Waals surface area contributed by atoms with Gasteiger partial charge in [-0.15, -0.1) is 22.4 Å². The van der Waals surface area contributed by atoms with Crippen molar-refractivity contribution in [3.8, 4) is 5.75 Å². The summed E-state index contributed by atoms with van der Waals surface area (Å²) in [5, 5.41) is 0. The van der Waals surface area contributed by atoms with Crippen LogP contribution in [0.5, 0.6) is 5.75 Å². The van der Waals surface area contributed by atoms with Gasteiger partial charge in [0, 0.05) is 5.78 Å². The summed E-state index contributed by atoms with van der Waals surface area (Å²) in [6.45, 7) is 5.88. The van der Waals surface area contributed by atoms with Crippen LogP contribution in [0.4, 0.5) is 13.2 Å². The van der Waals surface area contributed by atoms with E-state index in [0.717, 1.165) is 24.0 Å². The topological polar surface area (TPSA) is 35.2 Å². The Bertz CT molecular complexity index is 467. The van der Waals surface area contributed by atoms with E-state index in [1.165, 1.54) is 12.1 Å². The molecule has 0 amide bonds. The second kappa shape index (κ2) is 6.97. The molecule has 6 heteroatoms. The second-order valence-electron chi connectivity index (χ2n) is 6.22. The SMILES string of the molecule is CC(C)(C)c1cc(CCC[C@@H](N)P)cc(OC(F)(F)F)c1. The van der Waals surface area contributed by atoms with Crippen LogP contribution in [0, 0.1) is 0 Å². The Balaban J connectivity index is 2.98.